The first-order chi connectivity index (χ1) is 13.7. The summed E-state index contributed by atoms with van der Waals surface area (Å²) in [5.74, 6) is 0.652. The van der Waals surface area contributed by atoms with Gasteiger partial charge in [-0.2, -0.15) is 0 Å². The summed E-state index contributed by atoms with van der Waals surface area (Å²) in [6.07, 6.45) is 6.96. The fourth-order valence-electron chi connectivity index (χ4n) is 6.19. The van der Waals surface area contributed by atoms with E-state index in [1.165, 1.54) is 24.9 Å². The SMILES string of the molecule is CCCCC(O)CN1CCN(c2ccccc2C2CC(C)(C)CC(C)(C)C2)CC1. The highest BCUT2D eigenvalue weighted by molar-refractivity contribution is 5.56. The maximum absolute atomic E-state index is 10.3. The Hall–Kier alpha value is -1.06. The first kappa shape index (κ1) is 22.6. The average Bonchev–Trinajstić information content (AvgIpc) is 2.64. The van der Waals surface area contributed by atoms with Crippen LogP contribution in [0, 0.1) is 10.8 Å². The van der Waals surface area contributed by atoms with Gasteiger partial charge in [-0.1, -0.05) is 65.7 Å². The van der Waals surface area contributed by atoms with Gasteiger partial charge in [-0.25, -0.2) is 0 Å². The molecule has 0 amide bonds. The van der Waals surface area contributed by atoms with Gasteiger partial charge in [0.25, 0.3) is 0 Å². The molecule has 2 fully saturated rings. The largest absolute Gasteiger partial charge is 0.392 e. The molecule has 29 heavy (non-hydrogen) atoms. The van der Waals surface area contributed by atoms with Crippen molar-refractivity contribution in [3.8, 4) is 0 Å². The lowest BCUT2D eigenvalue weighted by Gasteiger charge is -2.46. The van der Waals surface area contributed by atoms with Crippen LogP contribution in [0.25, 0.3) is 0 Å². The number of aliphatic hydroxyl groups excluding tert-OH is 1. The summed E-state index contributed by atoms with van der Waals surface area (Å²) in [5.41, 5.74) is 3.83. The van der Waals surface area contributed by atoms with Crippen LogP contribution < -0.4 is 4.90 Å². The molecular weight excluding hydrogens is 356 g/mol. The smallest absolute Gasteiger partial charge is 0.0667 e. The lowest BCUT2D eigenvalue weighted by atomic mass is 9.60. The van der Waals surface area contributed by atoms with E-state index in [-0.39, 0.29) is 6.10 Å². The van der Waals surface area contributed by atoms with Crippen molar-refractivity contribution in [3.63, 3.8) is 0 Å². The second kappa shape index (κ2) is 9.39. The molecule has 1 aromatic carbocycles. The monoisotopic (exact) mass is 400 g/mol. The molecule has 3 rings (SSSR count). The Bertz CT molecular complexity index is 630. The van der Waals surface area contributed by atoms with Crippen molar-refractivity contribution in [2.75, 3.05) is 37.6 Å². The van der Waals surface area contributed by atoms with Crippen molar-refractivity contribution in [1.82, 2.24) is 4.90 Å². The minimum Gasteiger partial charge on any atom is -0.392 e. The van der Waals surface area contributed by atoms with E-state index in [4.69, 9.17) is 0 Å². The molecule has 0 bridgehead atoms. The molecule has 164 valence electrons. The zero-order chi connectivity index (χ0) is 21.1. The van der Waals surface area contributed by atoms with E-state index < -0.39 is 0 Å². The third-order valence-corrected chi connectivity index (χ3v) is 7.00. The van der Waals surface area contributed by atoms with E-state index >= 15 is 0 Å². The molecule has 1 aromatic rings. The Morgan fingerprint density at radius 3 is 2.24 bits per heavy atom. The first-order valence-corrected chi connectivity index (χ1v) is 11.9. The molecule has 1 atom stereocenters. The minimum atomic E-state index is -0.166. The number of β-amino-alcohol motifs (C(OH)–C–C–N with tert-alkyl or cyclic N) is 1. The molecule has 0 aromatic heterocycles. The molecule has 3 nitrogen and oxygen atoms in total. The van der Waals surface area contributed by atoms with Crippen LogP contribution in [-0.4, -0.2) is 48.8 Å². The number of piperazine rings is 1. The average molecular weight is 401 g/mol. The fourth-order valence-corrected chi connectivity index (χ4v) is 6.19. The number of hydrogen-bond acceptors (Lipinski definition) is 3. The second-order valence-electron chi connectivity index (χ2n) is 11.3. The van der Waals surface area contributed by atoms with E-state index in [1.54, 1.807) is 5.56 Å². The summed E-state index contributed by atoms with van der Waals surface area (Å²) >= 11 is 0. The highest BCUT2D eigenvalue weighted by atomic mass is 16.3. The fraction of sp³-hybridized carbons (Fsp3) is 0.769. The Morgan fingerprint density at radius 2 is 1.62 bits per heavy atom. The van der Waals surface area contributed by atoms with Crippen LogP contribution in [0.15, 0.2) is 24.3 Å². The molecule has 3 heteroatoms. The molecule has 1 aliphatic heterocycles. The maximum Gasteiger partial charge on any atom is 0.0667 e. The lowest BCUT2D eigenvalue weighted by Crippen LogP contribution is -2.49. The van der Waals surface area contributed by atoms with Crippen LogP contribution in [0.3, 0.4) is 0 Å². The van der Waals surface area contributed by atoms with Gasteiger partial charge in [-0.3, -0.25) is 4.90 Å². The number of nitrogens with zero attached hydrogens (tertiary/aromatic N) is 2. The molecule has 1 N–H and O–H groups in total. The molecule has 2 aliphatic rings. The number of rotatable bonds is 7. The van der Waals surface area contributed by atoms with Gasteiger partial charge < -0.3 is 10.0 Å². The van der Waals surface area contributed by atoms with Crippen LogP contribution in [0.2, 0.25) is 0 Å². The van der Waals surface area contributed by atoms with Gasteiger partial charge in [-0.05, 0) is 54.1 Å². The first-order valence-electron chi connectivity index (χ1n) is 11.9. The molecular formula is C26H44N2O. The van der Waals surface area contributed by atoms with E-state index in [1.807, 2.05) is 0 Å². The van der Waals surface area contributed by atoms with Crippen LogP contribution in [0.5, 0.6) is 0 Å². The van der Waals surface area contributed by atoms with Crippen LogP contribution in [-0.2, 0) is 0 Å². The normalized spacial score (nSPS) is 23.9. The van der Waals surface area contributed by atoms with Crippen molar-refractivity contribution in [3.05, 3.63) is 29.8 Å². The molecule has 1 aliphatic carbocycles. The third-order valence-electron chi connectivity index (χ3n) is 7.00. The number of para-hydroxylation sites is 1. The zero-order valence-corrected chi connectivity index (χ0v) is 19.6. The summed E-state index contributed by atoms with van der Waals surface area (Å²) in [4.78, 5) is 5.05. The number of aliphatic hydroxyl groups is 1. The molecule has 1 heterocycles. The van der Waals surface area contributed by atoms with Crippen molar-refractivity contribution in [1.29, 1.82) is 0 Å². The molecule has 1 saturated heterocycles. The third kappa shape index (κ3) is 6.21. The lowest BCUT2D eigenvalue weighted by molar-refractivity contribution is 0.0964. The van der Waals surface area contributed by atoms with Gasteiger partial charge in [0.15, 0.2) is 0 Å². The quantitative estimate of drug-likeness (QED) is 0.638. The van der Waals surface area contributed by atoms with Crippen molar-refractivity contribution < 1.29 is 5.11 Å². The summed E-state index contributed by atoms with van der Waals surface area (Å²) in [5, 5.41) is 10.3. The maximum atomic E-state index is 10.3. The Balaban J connectivity index is 1.66. The van der Waals surface area contributed by atoms with Gasteiger partial charge in [0, 0.05) is 38.4 Å². The number of hydrogen-bond donors (Lipinski definition) is 1. The van der Waals surface area contributed by atoms with Gasteiger partial charge >= 0.3 is 0 Å². The summed E-state index contributed by atoms with van der Waals surface area (Å²) in [6, 6.07) is 9.17. The van der Waals surface area contributed by atoms with E-state index in [2.05, 4.69) is 68.7 Å². The number of benzene rings is 1. The van der Waals surface area contributed by atoms with Crippen LogP contribution >= 0.6 is 0 Å². The predicted molar refractivity (Wildman–Crippen MR) is 125 cm³/mol. The topological polar surface area (TPSA) is 26.7 Å². The summed E-state index contributed by atoms with van der Waals surface area (Å²) in [6.45, 7) is 17.1. The standard InChI is InChI=1S/C26H44N2O/c1-6-7-10-22(29)19-27-13-15-28(16-14-27)24-12-9-8-11-23(24)21-17-25(2,3)20-26(4,5)18-21/h8-9,11-12,21-22,29H,6-7,10,13-20H2,1-5H3. The molecule has 1 saturated carbocycles. The molecule has 0 radical (unpaired) electrons. The van der Waals surface area contributed by atoms with Crippen LogP contribution in [0.1, 0.15) is 84.6 Å². The van der Waals surface area contributed by atoms with E-state index in [0.29, 0.717) is 16.7 Å². The highest BCUT2D eigenvalue weighted by Crippen LogP contribution is 2.53. The van der Waals surface area contributed by atoms with Crippen molar-refractivity contribution in [2.45, 2.75) is 85.2 Å². The van der Waals surface area contributed by atoms with Gasteiger partial charge in [-0.15, -0.1) is 0 Å². The van der Waals surface area contributed by atoms with Crippen molar-refractivity contribution in [2.24, 2.45) is 10.8 Å². The second-order valence-corrected chi connectivity index (χ2v) is 11.3. The van der Waals surface area contributed by atoms with E-state index in [0.717, 1.165) is 52.0 Å². The van der Waals surface area contributed by atoms with Gasteiger partial charge in [0.1, 0.15) is 0 Å². The summed E-state index contributed by atoms with van der Waals surface area (Å²) in [7, 11) is 0. The summed E-state index contributed by atoms with van der Waals surface area (Å²) < 4.78 is 0. The Labute approximate surface area is 179 Å². The highest BCUT2D eigenvalue weighted by Gasteiger charge is 2.39. The van der Waals surface area contributed by atoms with Gasteiger partial charge in [0.05, 0.1) is 6.10 Å². The Kier molecular flexibility index (Phi) is 7.32. The van der Waals surface area contributed by atoms with Gasteiger partial charge in [0.2, 0.25) is 0 Å². The molecule has 1 unspecified atom stereocenters. The predicted octanol–water partition coefficient (Wildman–Crippen LogP) is 5.68. The van der Waals surface area contributed by atoms with Crippen molar-refractivity contribution >= 4 is 5.69 Å². The molecule has 0 spiro atoms. The van der Waals surface area contributed by atoms with Crippen LogP contribution in [0.4, 0.5) is 5.69 Å². The Morgan fingerprint density at radius 1 is 1.00 bits per heavy atom. The number of unbranched alkanes of at least 4 members (excludes halogenated alkanes) is 1. The minimum absolute atomic E-state index is 0.166. The zero-order valence-electron chi connectivity index (χ0n) is 19.6. The van der Waals surface area contributed by atoms with E-state index in [9.17, 15) is 5.11 Å². The number of anilines is 1.